The van der Waals surface area contributed by atoms with Gasteiger partial charge in [0, 0.05) is 38.7 Å². The van der Waals surface area contributed by atoms with Gasteiger partial charge in [-0.3, -0.25) is 4.90 Å². The SMILES string of the molecule is CCN1CCO[C@@H](CNc2nccn3nc(C)cc23)[C@@H]1c1cncn1C. The third-order valence-electron chi connectivity index (χ3n) is 5.00. The average molecular weight is 355 g/mol. The average Bonchev–Trinajstić information content (AvgIpc) is 3.24. The van der Waals surface area contributed by atoms with Crippen LogP contribution in [0.4, 0.5) is 5.82 Å². The number of morpholine rings is 1. The van der Waals surface area contributed by atoms with E-state index in [1.807, 2.05) is 43.3 Å². The molecular formula is C18H25N7O. The molecule has 1 N–H and O–H groups in total. The number of aromatic nitrogens is 5. The Labute approximate surface area is 152 Å². The van der Waals surface area contributed by atoms with Crippen molar-refractivity contribution in [3.05, 3.63) is 42.4 Å². The number of nitrogens with one attached hydrogen (secondary N) is 1. The van der Waals surface area contributed by atoms with Crippen LogP contribution in [-0.2, 0) is 11.8 Å². The van der Waals surface area contributed by atoms with Crippen LogP contribution in [0, 0.1) is 6.92 Å². The molecular weight excluding hydrogens is 330 g/mol. The zero-order chi connectivity index (χ0) is 18.1. The summed E-state index contributed by atoms with van der Waals surface area (Å²) in [5.41, 5.74) is 3.12. The van der Waals surface area contributed by atoms with Crippen LogP contribution in [0.5, 0.6) is 0 Å². The summed E-state index contributed by atoms with van der Waals surface area (Å²) in [4.78, 5) is 11.2. The second-order valence-corrected chi connectivity index (χ2v) is 6.68. The lowest BCUT2D eigenvalue weighted by atomic mass is 10.0. The predicted molar refractivity (Wildman–Crippen MR) is 99.1 cm³/mol. The molecule has 1 saturated heterocycles. The minimum Gasteiger partial charge on any atom is -0.373 e. The van der Waals surface area contributed by atoms with Crippen molar-refractivity contribution in [2.75, 3.05) is 31.6 Å². The monoisotopic (exact) mass is 355 g/mol. The second-order valence-electron chi connectivity index (χ2n) is 6.68. The summed E-state index contributed by atoms with van der Waals surface area (Å²) < 4.78 is 10.1. The molecule has 138 valence electrons. The number of imidazole rings is 1. The normalized spacial score (nSPS) is 21.3. The number of likely N-dealkylation sites (N-methyl/N-ethyl adjacent to an activating group) is 1. The van der Waals surface area contributed by atoms with Crippen LogP contribution in [0.15, 0.2) is 31.0 Å². The molecule has 0 radical (unpaired) electrons. The van der Waals surface area contributed by atoms with Gasteiger partial charge in [0.15, 0.2) is 5.82 Å². The minimum atomic E-state index is 0.0187. The topological polar surface area (TPSA) is 72.5 Å². The van der Waals surface area contributed by atoms with Crippen molar-refractivity contribution >= 4 is 11.3 Å². The fourth-order valence-corrected chi connectivity index (χ4v) is 3.72. The maximum absolute atomic E-state index is 6.14. The highest BCUT2D eigenvalue weighted by atomic mass is 16.5. The van der Waals surface area contributed by atoms with Gasteiger partial charge >= 0.3 is 0 Å². The van der Waals surface area contributed by atoms with Gasteiger partial charge in [-0.1, -0.05) is 6.92 Å². The number of hydrogen-bond acceptors (Lipinski definition) is 6. The lowest BCUT2D eigenvalue weighted by Gasteiger charge is -2.40. The first-order chi connectivity index (χ1) is 12.7. The third kappa shape index (κ3) is 3.06. The maximum atomic E-state index is 6.14. The van der Waals surface area contributed by atoms with Gasteiger partial charge in [-0.25, -0.2) is 14.5 Å². The molecule has 8 heteroatoms. The van der Waals surface area contributed by atoms with Crippen molar-refractivity contribution < 1.29 is 4.74 Å². The highest BCUT2D eigenvalue weighted by Crippen LogP contribution is 2.29. The molecule has 0 unspecified atom stereocenters. The molecule has 4 rings (SSSR count). The van der Waals surface area contributed by atoms with E-state index in [1.54, 1.807) is 6.20 Å². The van der Waals surface area contributed by atoms with Gasteiger partial charge in [0.2, 0.25) is 0 Å². The predicted octanol–water partition coefficient (Wildman–Crippen LogP) is 1.65. The van der Waals surface area contributed by atoms with E-state index >= 15 is 0 Å². The van der Waals surface area contributed by atoms with E-state index in [4.69, 9.17) is 4.74 Å². The molecule has 26 heavy (non-hydrogen) atoms. The Morgan fingerprint density at radius 3 is 3.04 bits per heavy atom. The molecule has 1 fully saturated rings. The number of anilines is 1. The van der Waals surface area contributed by atoms with Crippen LogP contribution in [0.2, 0.25) is 0 Å². The molecule has 0 bridgehead atoms. The maximum Gasteiger partial charge on any atom is 0.152 e. The number of ether oxygens (including phenoxy) is 1. The van der Waals surface area contributed by atoms with E-state index in [1.165, 1.54) is 5.69 Å². The summed E-state index contributed by atoms with van der Waals surface area (Å²) in [6.07, 6.45) is 7.43. The number of rotatable bonds is 5. The Bertz CT molecular complexity index is 887. The van der Waals surface area contributed by atoms with Gasteiger partial charge in [-0.2, -0.15) is 5.10 Å². The van der Waals surface area contributed by atoms with E-state index in [0.29, 0.717) is 6.54 Å². The highest BCUT2D eigenvalue weighted by Gasteiger charge is 2.34. The molecule has 8 nitrogen and oxygen atoms in total. The van der Waals surface area contributed by atoms with Crippen LogP contribution in [-0.4, -0.2) is 61.4 Å². The van der Waals surface area contributed by atoms with Gasteiger partial charge in [0.05, 0.1) is 36.5 Å². The first kappa shape index (κ1) is 17.0. The number of hydrogen-bond donors (Lipinski definition) is 1. The van der Waals surface area contributed by atoms with Crippen molar-refractivity contribution in [1.82, 2.24) is 29.0 Å². The number of fused-ring (bicyclic) bond motifs is 1. The van der Waals surface area contributed by atoms with E-state index < -0.39 is 0 Å². The first-order valence-corrected chi connectivity index (χ1v) is 9.04. The lowest BCUT2D eigenvalue weighted by molar-refractivity contribution is -0.0661. The summed E-state index contributed by atoms with van der Waals surface area (Å²) in [6.45, 7) is 7.49. The summed E-state index contributed by atoms with van der Waals surface area (Å²) in [5, 5.41) is 7.92. The Hall–Kier alpha value is -2.45. The molecule has 0 aliphatic carbocycles. The molecule has 0 spiro atoms. The Kier molecular flexibility index (Phi) is 4.60. The third-order valence-corrected chi connectivity index (χ3v) is 5.00. The van der Waals surface area contributed by atoms with Crippen LogP contribution in [0.1, 0.15) is 24.4 Å². The van der Waals surface area contributed by atoms with Crippen molar-refractivity contribution in [3.8, 4) is 0 Å². The Morgan fingerprint density at radius 2 is 2.27 bits per heavy atom. The molecule has 1 aliphatic heterocycles. The zero-order valence-electron chi connectivity index (χ0n) is 15.5. The van der Waals surface area contributed by atoms with Crippen LogP contribution >= 0.6 is 0 Å². The standard InChI is InChI=1S/C18H25N7O/c1-4-24-7-8-26-16(17(24)15-10-19-12-23(15)3)11-21-18-14-9-13(2)22-25(14)6-5-20-18/h5-6,9-10,12,16-17H,4,7-8,11H2,1-3H3,(H,20,21)/t16-,17-/m0/s1. The van der Waals surface area contributed by atoms with Crippen molar-refractivity contribution in [3.63, 3.8) is 0 Å². The van der Waals surface area contributed by atoms with Crippen molar-refractivity contribution in [2.45, 2.75) is 26.0 Å². The van der Waals surface area contributed by atoms with Crippen molar-refractivity contribution in [1.29, 1.82) is 0 Å². The van der Waals surface area contributed by atoms with Gasteiger partial charge in [0.1, 0.15) is 5.52 Å². The first-order valence-electron chi connectivity index (χ1n) is 9.04. The molecule has 1 aliphatic rings. The number of nitrogens with zero attached hydrogens (tertiary/aromatic N) is 6. The largest absolute Gasteiger partial charge is 0.373 e. The van der Waals surface area contributed by atoms with Crippen LogP contribution in [0.3, 0.4) is 0 Å². The van der Waals surface area contributed by atoms with E-state index in [9.17, 15) is 0 Å². The van der Waals surface area contributed by atoms with Gasteiger partial charge in [-0.05, 0) is 19.5 Å². The fourth-order valence-electron chi connectivity index (χ4n) is 3.72. The van der Waals surface area contributed by atoms with Crippen molar-refractivity contribution in [2.24, 2.45) is 7.05 Å². The molecule has 3 aromatic heterocycles. The van der Waals surface area contributed by atoms with Crippen LogP contribution in [0.25, 0.3) is 5.52 Å². The quantitative estimate of drug-likeness (QED) is 0.750. The van der Waals surface area contributed by atoms with Crippen LogP contribution < -0.4 is 5.32 Å². The van der Waals surface area contributed by atoms with Gasteiger partial charge in [0.25, 0.3) is 0 Å². The minimum absolute atomic E-state index is 0.0187. The molecule has 4 heterocycles. The van der Waals surface area contributed by atoms with E-state index in [2.05, 4.69) is 36.8 Å². The van der Waals surface area contributed by atoms with Gasteiger partial charge < -0.3 is 14.6 Å². The Morgan fingerprint density at radius 1 is 1.38 bits per heavy atom. The van der Waals surface area contributed by atoms with Gasteiger partial charge in [-0.15, -0.1) is 0 Å². The van der Waals surface area contributed by atoms with E-state index in [-0.39, 0.29) is 12.1 Å². The molecule has 0 saturated carbocycles. The highest BCUT2D eigenvalue weighted by molar-refractivity contribution is 5.67. The molecule has 2 atom stereocenters. The summed E-state index contributed by atoms with van der Waals surface area (Å²) in [7, 11) is 2.03. The number of aryl methyl sites for hydroxylation is 2. The lowest BCUT2D eigenvalue weighted by Crippen LogP contribution is -2.48. The second kappa shape index (κ2) is 7.05. The molecule has 3 aromatic rings. The summed E-state index contributed by atoms with van der Waals surface area (Å²) >= 11 is 0. The zero-order valence-corrected chi connectivity index (χ0v) is 15.5. The summed E-state index contributed by atoms with van der Waals surface area (Å²) in [6, 6.07) is 2.20. The smallest absolute Gasteiger partial charge is 0.152 e. The van der Waals surface area contributed by atoms with E-state index in [0.717, 1.165) is 36.7 Å². The molecule has 0 aromatic carbocycles. The molecule has 0 amide bonds. The summed E-state index contributed by atoms with van der Waals surface area (Å²) in [5.74, 6) is 0.828. The fraction of sp³-hybridized carbons (Fsp3) is 0.500. The Balaban J connectivity index is 1.58.